The van der Waals surface area contributed by atoms with E-state index in [1.807, 2.05) is 27.7 Å². The molecule has 0 aromatic carbocycles. The van der Waals surface area contributed by atoms with Crippen molar-refractivity contribution < 1.29 is 9.59 Å². The Bertz CT molecular complexity index is 270. The monoisotopic (exact) mass is 257 g/mol. The van der Waals surface area contributed by atoms with Gasteiger partial charge in [0, 0.05) is 31.0 Å². The molecule has 2 amide bonds. The quantitative estimate of drug-likeness (QED) is 0.589. The van der Waals surface area contributed by atoms with Crippen molar-refractivity contribution in [2.45, 2.75) is 53.0 Å². The van der Waals surface area contributed by atoms with E-state index in [0.29, 0.717) is 25.9 Å². The van der Waals surface area contributed by atoms with Crippen molar-refractivity contribution in [2.75, 3.05) is 13.1 Å². The molecular weight excluding hydrogens is 230 g/mol. The van der Waals surface area contributed by atoms with E-state index in [4.69, 9.17) is 5.73 Å². The molecule has 0 aliphatic heterocycles. The van der Waals surface area contributed by atoms with Gasteiger partial charge in [0.25, 0.3) is 0 Å². The van der Waals surface area contributed by atoms with E-state index in [9.17, 15) is 9.59 Å². The van der Waals surface area contributed by atoms with Gasteiger partial charge >= 0.3 is 0 Å². The number of carbonyl (C=O) groups excluding carboxylic acids is 2. The minimum atomic E-state index is -0.375. The van der Waals surface area contributed by atoms with Gasteiger partial charge in [-0.1, -0.05) is 20.8 Å². The molecule has 5 heteroatoms. The molecule has 4 N–H and O–H groups in total. The third-order valence-electron chi connectivity index (χ3n) is 2.47. The maximum atomic E-state index is 11.5. The van der Waals surface area contributed by atoms with E-state index < -0.39 is 0 Å². The lowest BCUT2D eigenvalue weighted by molar-refractivity contribution is -0.128. The average Bonchev–Trinajstić information content (AvgIpc) is 2.22. The van der Waals surface area contributed by atoms with E-state index in [2.05, 4.69) is 10.6 Å². The van der Waals surface area contributed by atoms with E-state index in [0.717, 1.165) is 6.42 Å². The van der Waals surface area contributed by atoms with Gasteiger partial charge in [0.05, 0.1) is 0 Å². The van der Waals surface area contributed by atoms with Gasteiger partial charge in [-0.25, -0.2) is 0 Å². The first-order valence-electron chi connectivity index (χ1n) is 6.54. The third kappa shape index (κ3) is 8.98. The van der Waals surface area contributed by atoms with Crippen LogP contribution in [0.4, 0.5) is 0 Å². The lowest BCUT2D eigenvalue weighted by Crippen LogP contribution is -2.36. The zero-order valence-corrected chi connectivity index (χ0v) is 12.0. The lowest BCUT2D eigenvalue weighted by atomic mass is 9.96. The summed E-state index contributed by atoms with van der Waals surface area (Å²) in [5.74, 6) is 0.0283. The van der Waals surface area contributed by atoms with Crippen LogP contribution >= 0.6 is 0 Å². The average molecular weight is 257 g/mol. The van der Waals surface area contributed by atoms with E-state index >= 15 is 0 Å². The Kier molecular flexibility index (Phi) is 7.59. The molecule has 0 saturated heterocycles. The molecule has 5 nitrogen and oxygen atoms in total. The van der Waals surface area contributed by atoms with E-state index in [1.165, 1.54) is 0 Å². The van der Waals surface area contributed by atoms with Crippen molar-refractivity contribution in [1.82, 2.24) is 10.6 Å². The first kappa shape index (κ1) is 16.9. The second kappa shape index (κ2) is 8.08. The summed E-state index contributed by atoms with van der Waals surface area (Å²) in [5.41, 5.74) is 5.20. The van der Waals surface area contributed by atoms with Crippen molar-refractivity contribution in [1.29, 1.82) is 0 Å². The van der Waals surface area contributed by atoms with Crippen molar-refractivity contribution in [3.05, 3.63) is 0 Å². The van der Waals surface area contributed by atoms with Crippen molar-refractivity contribution in [3.63, 3.8) is 0 Å². The summed E-state index contributed by atoms with van der Waals surface area (Å²) in [6.45, 7) is 8.66. The van der Waals surface area contributed by atoms with Crippen LogP contribution in [0.1, 0.15) is 47.0 Å². The third-order valence-corrected chi connectivity index (χ3v) is 2.47. The SMILES string of the molecule is CC(N)CCNC(=O)CCCNC(=O)C(C)(C)C. The molecule has 0 fully saturated rings. The number of carbonyl (C=O) groups is 2. The highest BCUT2D eigenvalue weighted by molar-refractivity contribution is 5.81. The molecule has 0 heterocycles. The predicted octanol–water partition coefficient (Wildman–Crippen LogP) is 0.782. The molecule has 0 rings (SSSR count). The topological polar surface area (TPSA) is 84.2 Å². The van der Waals surface area contributed by atoms with Gasteiger partial charge in [-0.2, -0.15) is 0 Å². The van der Waals surface area contributed by atoms with Gasteiger partial charge in [-0.05, 0) is 19.8 Å². The van der Waals surface area contributed by atoms with Gasteiger partial charge in [0.1, 0.15) is 0 Å². The van der Waals surface area contributed by atoms with Crippen LogP contribution in [0.3, 0.4) is 0 Å². The van der Waals surface area contributed by atoms with Gasteiger partial charge in [-0.3, -0.25) is 9.59 Å². The second-order valence-electron chi connectivity index (χ2n) is 5.73. The van der Waals surface area contributed by atoms with Crippen LogP contribution in [0.2, 0.25) is 0 Å². The van der Waals surface area contributed by atoms with Gasteiger partial charge in [0.15, 0.2) is 0 Å². The molecule has 1 atom stereocenters. The first-order chi connectivity index (χ1) is 8.23. The maximum Gasteiger partial charge on any atom is 0.225 e. The Morgan fingerprint density at radius 1 is 1.17 bits per heavy atom. The smallest absolute Gasteiger partial charge is 0.225 e. The van der Waals surface area contributed by atoms with Crippen LogP contribution in [0.25, 0.3) is 0 Å². The Hall–Kier alpha value is -1.10. The highest BCUT2D eigenvalue weighted by atomic mass is 16.2. The van der Waals surface area contributed by atoms with Gasteiger partial charge < -0.3 is 16.4 Å². The summed E-state index contributed by atoms with van der Waals surface area (Å²) in [6, 6.07) is 0.108. The minimum Gasteiger partial charge on any atom is -0.356 e. The summed E-state index contributed by atoms with van der Waals surface area (Å²) in [6.07, 6.45) is 1.88. The Labute approximate surface area is 110 Å². The summed E-state index contributed by atoms with van der Waals surface area (Å²) < 4.78 is 0. The number of amides is 2. The molecule has 0 radical (unpaired) electrons. The molecule has 0 bridgehead atoms. The normalized spacial score (nSPS) is 12.9. The first-order valence-corrected chi connectivity index (χ1v) is 6.54. The number of hydrogen-bond acceptors (Lipinski definition) is 3. The zero-order chi connectivity index (χ0) is 14.2. The molecular formula is C13H27N3O2. The summed E-state index contributed by atoms with van der Waals surface area (Å²) in [4.78, 5) is 22.9. The number of nitrogens with one attached hydrogen (secondary N) is 2. The Balaban J connectivity index is 3.55. The van der Waals surface area contributed by atoms with E-state index in [-0.39, 0.29) is 23.3 Å². The Morgan fingerprint density at radius 3 is 2.28 bits per heavy atom. The highest BCUT2D eigenvalue weighted by Crippen LogP contribution is 2.12. The fourth-order valence-electron chi connectivity index (χ4n) is 1.24. The standard InChI is InChI=1S/C13H27N3O2/c1-10(14)7-9-15-11(17)6-5-8-16-12(18)13(2,3)4/h10H,5-9,14H2,1-4H3,(H,15,17)(H,16,18). The van der Waals surface area contributed by atoms with Crippen LogP contribution in [0.15, 0.2) is 0 Å². The van der Waals surface area contributed by atoms with Crippen LogP contribution in [-0.4, -0.2) is 30.9 Å². The van der Waals surface area contributed by atoms with Crippen LogP contribution < -0.4 is 16.4 Å². The molecule has 0 aromatic heterocycles. The summed E-state index contributed by atoms with van der Waals surface area (Å²) >= 11 is 0. The molecule has 106 valence electrons. The van der Waals surface area contributed by atoms with E-state index in [1.54, 1.807) is 0 Å². The van der Waals surface area contributed by atoms with Crippen molar-refractivity contribution >= 4 is 11.8 Å². The predicted molar refractivity (Wildman–Crippen MR) is 73.0 cm³/mol. The zero-order valence-electron chi connectivity index (χ0n) is 12.0. The molecule has 0 aliphatic carbocycles. The molecule has 0 saturated carbocycles. The molecule has 0 aliphatic rings. The molecule has 18 heavy (non-hydrogen) atoms. The largest absolute Gasteiger partial charge is 0.356 e. The van der Waals surface area contributed by atoms with Crippen LogP contribution in [0.5, 0.6) is 0 Å². The molecule has 0 aromatic rings. The number of hydrogen-bond donors (Lipinski definition) is 3. The van der Waals surface area contributed by atoms with Crippen LogP contribution in [0, 0.1) is 5.41 Å². The maximum absolute atomic E-state index is 11.5. The number of nitrogens with two attached hydrogens (primary N) is 1. The van der Waals surface area contributed by atoms with Crippen LogP contribution in [-0.2, 0) is 9.59 Å². The van der Waals surface area contributed by atoms with Gasteiger partial charge in [0.2, 0.25) is 11.8 Å². The second-order valence-corrected chi connectivity index (χ2v) is 5.73. The van der Waals surface area contributed by atoms with Crippen molar-refractivity contribution in [2.24, 2.45) is 11.1 Å². The molecule has 0 spiro atoms. The number of rotatable bonds is 7. The highest BCUT2D eigenvalue weighted by Gasteiger charge is 2.20. The summed E-state index contributed by atoms with van der Waals surface area (Å²) in [5, 5.41) is 5.61. The fraction of sp³-hybridized carbons (Fsp3) is 0.846. The minimum absolute atomic E-state index is 0.0138. The van der Waals surface area contributed by atoms with Gasteiger partial charge in [-0.15, -0.1) is 0 Å². The molecule has 1 unspecified atom stereocenters. The Morgan fingerprint density at radius 2 is 1.78 bits per heavy atom. The van der Waals surface area contributed by atoms with Crippen molar-refractivity contribution in [3.8, 4) is 0 Å². The summed E-state index contributed by atoms with van der Waals surface area (Å²) in [7, 11) is 0. The lowest BCUT2D eigenvalue weighted by Gasteiger charge is -2.17. The fourth-order valence-corrected chi connectivity index (χ4v) is 1.24.